The summed E-state index contributed by atoms with van der Waals surface area (Å²) in [4.78, 5) is 8.62. The highest BCUT2D eigenvalue weighted by Gasteiger charge is 2.13. The third-order valence-electron chi connectivity index (χ3n) is 3.90. The molecule has 3 heterocycles. The van der Waals surface area contributed by atoms with Gasteiger partial charge in [-0.15, -0.1) is 0 Å². The molecular weight excluding hydrogens is 399 g/mol. The summed E-state index contributed by atoms with van der Waals surface area (Å²) >= 11 is 3.44. The second-order valence-electron chi connectivity index (χ2n) is 5.68. The van der Waals surface area contributed by atoms with Crippen LogP contribution in [0.5, 0.6) is 0 Å². The van der Waals surface area contributed by atoms with Crippen molar-refractivity contribution < 1.29 is 4.39 Å². The summed E-state index contributed by atoms with van der Waals surface area (Å²) in [5.74, 6) is 0.836. The number of anilines is 2. The number of rotatable bonds is 4. The Morgan fingerprint density at radius 1 is 1.15 bits per heavy atom. The molecule has 0 aliphatic heterocycles. The largest absolute Gasteiger partial charge is 0.384 e. The lowest BCUT2D eigenvalue weighted by Gasteiger charge is -2.11. The molecule has 0 atom stereocenters. The van der Waals surface area contributed by atoms with Gasteiger partial charge in [-0.1, -0.05) is 18.2 Å². The first-order valence-corrected chi connectivity index (χ1v) is 8.64. The predicted molar refractivity (Wildman–Crippen MR) is 102 cm³/mol. The molecule has 6 nitrogen and oxygen atoms in total. The molecule has 0 bridgehead atoms. The van der Waals surface area contributed by atoms with Gasteiger partial charge in [0.2, 0.25) is 0 Å². The molecule has 0 aliphatic rings. The van der Waals surface area contributed by atoms with Gasteiger partial charge in [-0.3, -0.25) is 0 Å². The minimum atomic E-state index is -0.325. The summed E-state index contributed by atoms with van der Waals surface area (Å²) in [6, 6.07) is 12.0. The summed E-state index contributed by atoms with van der Waals surface area (Å²) in [6.45, 7) is 0.514. The molecule has 130 valence electrons. The van der Waals surface area contributed by atoms with E-state index >= 15 is 0 Å². The zero-order valence-corrected chi connectivity index (χ0v) is 15.1. The van der Waals surface area contributed by atoms with Crippen molar-refractivity contribution in [1.29, 1.82) is 0 Å². The number of halogens is 2. The molecule has 4 aromatic rings. The van der Waals surface area contributed by atoms with Gasteiger partial charge in [0.1, 0.15) is 17.5 Å². The van der Waals surface area contributed by atoms with Gasteiger partial charge in [0.15, 0.2) is 5.65 Å². The lowest BCUT2D eigenvalue weighted by molar-refractivity contribution is 0.630. The monoisotopic (exact) mass is 412 g/mol. The second kappa shape index (κ2) is 6.72. The number of fused-ring (bicyclic) bond motifs is 1. The standard InChI is InChI=1S/C18H14BrFN6/c19-13-10-24-26-17(23-9-11-5-6-16(21)22-8-11)7-15(25-18(13)26)12-3-1-2-4-14(12)20/h1-8,10,23H,9H2,(H2,21,22). The van der Waals surface area contributed by atoms with Crippen LogP contribution in [0.3, 0.4) is 0 Å². The van der Waals surface area contributed by atoms with Crippen LogP contribution in [0.1, 0.15) is 5.56 Å². The number of pyridine rings is 1. The van der Waals surface area contributed by atoms with Crippen LogP contribution in [-0.2, 0) is 6.54 Å². The molecule has 8 heteroatoms. The summed E-state index contributed by atoms with van der Waals surface area (Å²) in [7, 11) is 0. The lowest BCUT2D eigenvalue weighted by Crippen LogP contribution is -2.07. The molecule has 3 aromatic heterocycles. The summed E-state index contributed by atoms with van der Waals surface area (Å²) in [5, 5.41) is 7.62. The van der Waals surface area contributed by atoms with Crippen LogP contribution in [0.4, 0.5) is 16.0 Å². The maximum Gasteiger partial charge on any atom is 0.172 e. The van der Waals surface area contributed by atoms with E-state index in [0.717, 1.165) is 10.0 Å². The Balaban J connectivity index is 1.75. The highest BCUT2D eigenvalue weighted by Crippen LogP contribution is 2.27. The number of nitrogens with one attached hydrogen (secondary N) is 1. The van der Waals surface area contributed by atoms with E-state index in [1.165, 1.54) is 6.07 Å². The van der Waals surface area contributed by atoms with E-state index in [2.05, 4.69) is 36.3 Å². The van der Waals surface area contributed by atoms with Crippen molar-refractivity contribution in [3.05, 3.63) is 70.7 Å². The van der Waals surface area contributed by atoms with E-state index in [-0.39, 0.29) is 5.82 Å². The maximum absolute atomic E-state index is 14.2. The van der Waals surface area contributed by atoms with Crippen molar-refractivity contribution in [3.63, 3.8) is 0 Å². The molecular formula is C18H14BrFN6. The van der Waals surface area contributed by atoms with E-state index in [1.807, 2.05) is 6.07 Å². The van der Waals surface area contributed by atoms with Crippen LogP contribution in [0, 0.1) is 5.82 Å². The number of hydrogen-bond acceptors (Lipinski definition) is 5. The number of benzene rings is 1. The SMILES string of the molecule is Nc1ccc(CNc2cc(-c3ccccc3F)nc3c(Br)cnn23)cn1. The van der Waals surface area contributed by atoms with Crippen molar-refractivity contribution in [1.82, 2.24) is 19.6 Å². The van der Waals surface area contributed by atoms with E-state index < -0.39 is 0 Å². The highest BCUT2D eigenvalue weighted by molar-refractivity contribution is 9.10. The van der Waals surface area contributed by atoms with E-state index in [4.69, 9.17) is 5.73 Å². The second-order valence-corrected chi connectivity index (χ2v) is 6.53. The van der Waals surface area contributed by atoms with Crippen LogP contribution in [-0.4, -0.2) is 19.6 Å². The Labute approximate surface area is 157 Å². The first-order valence-electron chi connectivity index (χ1n) is 7.85. The summed E-state index contributed by atoms with van der Waals surface area (Å²) in [5.41, 5.74) is 8.13. The summed E-state index contributed by atoms with van der Waals surface area (Å²) in [6.07, 6.45) is 3.36. The third-order valence-corrected chi connectivity index (χ3v) is 4.46. The van der Waals surface area contributed by atoms with Gasteiger partial charge < -0.3 is 11.1 Å². The smallest absolute Gasteiger partial charge is 0.172 e. The first-order chi connectivity index (χ1) is 12.6. The fourth-order valence-electron chi connectivity index (χ4n) is 2.60. The van der Waals surface area contributed by atoms with Crippen molar-refractivity contribution in [2.24, 2.45) is 0 Å². The minimum absolute atomic E-state index is 0.325. The average Bonchev–Trinajstić information content (AvgIpc) is 3.02. The Kier molecular flexibility index (Phi) is 4.26. The van der Waals surface area contributed by atoms with E-state index in [9.17, 15) is 4.39 Å². The highest BCUT2D eigenvalue weighted by atomic mass is 79.9. The molecule has 0 unspecified atom stereocenters. The lowest BCUT2D eigenvalue weighted by atomic mass is 10.1. The quantitative estimate of drug-likeness (QED) is 0.531. The van der Waals surface area contributed by atoms with Gasteiger partial charge in [0, 0.05) is 24.4 Å². The molecule has 3 N–H and O–H groups in total. The van der Waals surface area contributed by atoms with Crippen LogP contribution in [0.2, 0.25) is 0 Å². The third kappa shape index (κ3) is 3.11. The minimum Gasteiger partial charge on any atom is -0.384 e. The number of aromatic nitrogens is 4. The molecule has 0 fully saturated rings. The molecule has 0 radical (unpaired) electrons. The Morgan fingerprint density at radius 3 is 2.77 bits per heavy atom. The molecule has 0 spiro atoms. The maximum atomic E-state index is 14.2. The fourth-order valence-corrected chi connectivity index (χ4v) is 2.95. The molecule has 0 aliphatic carbocycles. The van der Waals surface area contributed by atoms with Crippen molar-refractivity contribution in [2.75, 3.05) is 11.1 Å². The molecule has 1 aromatic carbocycles. The fraction of sp³-hybridized carbons (Fsp3) is 0.0556. The van der Waals surface area contributed by atoms with Gasteiger partial charge in [0.25, 0.3) is 0 Å². The first kappa shape index (κ1) is 16.5. The van der Waals surface area contributed by atoms with Gasteiger partial charge in [-0.2, -0.15) is 9.61 Å². The van der Waals surface area contributed by atoms with Crippen molar-refractivity contribution in [3.8, 4) is 11.3 Å². The molecule has 4 rings (SSSR count). The van der Waals surface area contributed by atoms with Crippen LogP contribution in [0.15, 0.2) is 59.3 Å². The molecule has 26 heavy (non-hydrogen) atoms. The summed E-state index contributed by atoms with van der Waals surface area (Å²) < 4.78 is 16.6. The van der Waals surface area contributed by atoms with Crippen LogP contribution >= 0.6 is 15.9 Å². The molecule has 0 saturated carbocycles. The zero-order valence-electron chi connectivity index (χ0n) is 13.5. The van der Waals surface area contributed by atoms with Gasteiger partial charge in [-0.05, 0) is 39.7 Å². The average molecular weight is 413 g/mol. The number of hydrogen-bond donors (Lipinski definition) is 2. The number of nitrogens with two attached hydrogens (primary N) is 1. The van der Waals surface area contributed by atoms with E-state index in [1.54, 1.807) is 47.2 Å². The van der Waals surface area contributed by atoms with Crippen LogP contribution in [0.25, 0.3) is 16.9 Å². The Bertz CT molecular complexity index is 1080. The van der Waals surface area contributed by atoms with Gasteiger partial charge >= 0.3 is 0 Å². The normalized spacial score (nSPS) is 11.0. The predicted octanol–water partition coefficient (Wildman–Crippen LogP) is 3.89. The molecule has 0 saturated heterocycles. The van der Waals surface area contributed by atoms with Crippen molar-refractivity contribution >= 4 is 33.2 Å². The topological polar surface area (TPSA) is 81.1 Å². The number of nitrogens with zero attached hydrogens (tertiary/aromatic N) is 4. The van der Waals surface area contributed by atoms with Gasteiger partial charge in [0.05, 0.1) is 16.4 Å². The Hall–Kier alpha value is -3.00. The van der Waals surface area contributed by atoms with Gasteiger partial charge in [-0.25, -0.2) is 14.4 Å². The van der Waals surface area contributed by atoms with Crippen LogP contribution < -0.4 is 11.1 Å². The Morgan fingerprint density at radius 2 is 2.00 bits per heavy atom. The zero-order chi connectivity index (χ0) is 18.1. The molecule has 0 amide bonds. The van der Waals surface area contributed by atoms with E-state index in [0.29, 0.717) is 35.1 Å². The number of nitrogen functional groups attached to an aromatic ring is 1. The van der Waals surface area contributed by atoms with Crippen molar-refractivity contribution in [2.45, 2.75) is 6.54 Å².